The summed E-state index contributed by atoms with van der Waals surface area (Å²) in [6.07, 6.45) is 4.24. The van der Waals surface area contributed by atoms with E-state index in [-0.39, 0.29) is 18.0 Å². The number of carbonyl (C=O) groups is 1. The van der Waals surface area contributed by atoms with Crippen molar-refractivity contribution < 1.29 is 4.79 Å². The second-order valence-electron chi connectivity index (χ2n) is 8.65. The number of aryl methyl sites for hydroxylation is 1. The predicted octanol–water partition coefficient (Wildman–Crippen LogP) is 5.03. The van der Waals surface area contributed by atoms with E-state index in [1.54, 1.807) is 17.4 Å². The van der Waals surface area contributed by atoms with Crippen molar-refractivity contribution in [2.24, 2.45) is 0 Å². The van der Waals surface area contributed by atoms with Gasteiger partial charge in [0.15, 0.2) is 0 Å². The summed E-state index contributed by atoms with van der Waals surface area (Å²) in [4.78, 5) is 35.1. The van der Waals surface area contributed by atoms with Crippen molar-refractivity contribution in [3.63, 3.8) is 0 Å². The van der Waals surface area contributed by atoms with Gasteiger partial charge in [0.05, 0.1) is 22.3 Å². The van der Waals surface area contributed by atoms with Gasteiger partial charge in [0.1, 0.15) is 17.4 Å². The van der Waals surface area contributed by atoms with Gasteiger partial charge < -0.3 is 10.3 Å². The van der Waals surface area contributed by atoms with Crippen molar-refractivity contribution in [2.45, 2.75) is 32.2 Å². The summed E-state index contributed by atoms with van der Waals surface area (Å²) < 4.78 is 1.21. The van der Waals surface area contributed by atoms with Crippen LogP contribution in [0.3, 0.4) is 0 Å². The molecule has 1 amide bonds. The number of hydrogen-bond donors (Lipinski definition) is 2. The number of rotatable bonds is 5. The number of thiophene rings is 1. The van der Waals surface area contributed by atoms with E-state index >= 15 is 0 Å². The number of hydrogen-bond acceptors (Lipinski definition) is 5. The molecule has 2 aromatic carbocycles. The first kappa shape index (κ1) is 21.5. The molecule has 1 aliphatic carbocycles. The zero-order chi connectivity index (χ0) is 23.8. The molecule has 174 valence electrons. The zero-order valence-corrected chi connectivity index (χ0v) is 19.8. The molecule has 0 saturated heterocycles. The minimum absolute atomic E-state index is 0.165. The number of H-pyrrole nitrogens is 1. The maximum Gasteiger partial charge on any atom is 0.267 e. The smallest absolute Gasteiger partial charge is 0.267 e. The van der Waals surface area contributed by atoms with E-state index in [4.69, 9.17) is 4.98 Å². The highest BCUT2D eigenvalue weighted by Gasteiger charge is 2.25. The van der Waals surface area contributed by atoms with Crippen molar-refractivity contribution in [2.75, 3.05) is 5.32 Å². The largest absolute Gasteiger partial charge is 0.338 e. The summed E-state index contributed by atoms with van der Waals surface area (Å²) in [5, 5.41) is 8.26. The topological polar surface area (TPSA) is 92.7 Å². The Kier molecular flexibility index (Phi) is 5.50. The molecule has 3 aromatic heterocycles. The molecule has 0 aliphatic heterocycles. The number of imidazole rings is 1. The summed E-state index contributed by atoms with van der Waals surface area (Å²) in [5.74, 6) is 0.475. The molecular formula is C27H23N5O2S. The first-order valence-electron chi connectivity index (χ1n) is 11.7. The molecule has 7 nitrogen and oxygen atoms in total. The molecule has 0 spiro atoms. The van der Waals surface area contributed by atoms with Crippen LogP contribution in [0.15, 0.2) is 71.5 Å². The minimum atomic E-state index is -0.317. The molecule has 0 fully saturated rings. The number of aromatic nitrogens is 4. The maximum absolute atomic E-state index is 13.1. The highest BCUT2D eigenvalue weighted by molar-refractivity contribution is 7.17. The standard InChI is InChI=1S/C27H23N5O2S/c33-23(16-32-24(34)15-14-19(31-32)17-8-2-1-3-9-17)30-27-25(18-10-4-7-13-22(18)35-27)26-28-20-11-5-6-12-21(20)29-26/h1-3,5-6,8-9,11-12,14-15H,4,7,10,13,16H2,(H,28,29)(H,30,33). The number of anilines is 1. The lowest BCUT2D eigenvalue weighted by Gasteiger charge is -2.12. The predicted molar refractivity (Wildman–Crippen MR) is 139 cm³/mol. The molecule has 5 aromatic rings. The SMILES string of the molecule is O=C(Cn1nc(-c2ccccc2)ccc1=O)Nc1sc2c(c1-c1nc3ccccc3[nH]1)CCCC2. The van der Waals surface area contributed by atoms with E-state index in [1.165, 1.54) is 21.2 Å². The molecule has 8 heteroatoms. The van der Waals surface area contributed by atoms with E-state index in [1.807, 2.05) is 54.6 Å². The Morgan fingerprint density at radius 2 is 1.80 bits per heavy atom. The minimum Gasteiger partial charge on any atom is -0.338 e. The number of amides is 1. The Hall–Kier alpha value is -4.04. The molecule has 35 heavy (non-hydrogen) atoms. The summed E-state index contributed by atoms with van der Waals surface area (Å²) >= 11 is 1.61. The average molecular weight is 482 g/mol. The van der Waals surface area contributed by atoms with Crippen molar-refractivity contribution in [1.82, 2.24) is 19.7 Å². The van der Waals surface area contributed by atoms with Gasteiger partial charge in [-0.2, -0.15) is 5.10 Å². The van der Waals surface area contributed by atoms with Crippen LogP contribution in [0.1, 0.15) is 23.3 Å². The highest BCUT2D eigenvalue weighted by atomic mass is 32.1. The number of benzene rings is 2. The first-order chi connectivity index (χ1) is 17.2. The Morgan fingerprint density at radius 1 is 1.00 bits per heavy atom. The molecule has 6 rings (SSSR count). The van der Waals surface area contributed by atoms with Gasteiger partial charge in [0.2, 0.25) is 5.91 Å². The number of carbonyl (C=O) groups excluding carboxylic acids is 1. The first-order valence-corrected chi connectivity index (χ1v) is 12.5. The van der Waals surface area contributed by atoms with Gasteiger partial charge in [-0.1, -0.05) is 42.5 Å². The van der Waals surface area contributed by atoms with Crippen LogP contribution < -0.4 is 10.9 Å². The number of nitrogens with zero attached hydrogens (tertiary/aromatic N) is 3. The van der Waals surface area contributed by atoms with Crippen molar-refractivity contribution in [3.8, 4) is 22.6 Å². The molecule has 0 atom stereocenters. The molecule has 0 bridgehead atoms. The third-order valence-corrected chi connectivity index (χ3v) is 7.49. The molecule has 2 N–H and O–H groups in total. The van der Waals surface area contributed by atoms with Gasteiger partial charge in [-0.3, -0.25) is 9.59 Å². The zero-order valence-electron chi connectivity index (χ0n) is 19.0. The van der Waals surface area contributed by atoms with E-state index < -0.39 is 0 Å². The molecule has 0 unspecified atom stereocenters. The molecular weight excluding hydrogens is 458 g/mol. The molecule has 0 radical (unpaired) electrons. The fourth-order valence-corrected chi connectivity index (χ4v) is 5.91. The monoisotopic (exact) mass is 481 g/mol. The number of fused-ring (bicyclic) bond motifs is 2. The van der Waals surface area contributed by atoms with E-state index in [2.05, 4.69) is 15.4 Å². The Labute approximate surface area is 205 Å². The lowest BCUT2D eigenvalue weighted by molar-refractivity contribution is -0.116. The van der Waals surface area contributed by atoms with Crippen molar-refractivity contribution in [3.05, 3.63) is 87.5 Å². The normalized spacial score (nSPS) is 13.0. The maximum atomic E-state index is 13.1. The van der Waals surface area contributed by atoms with E-state index in [9.17, 15) is 9.59 Å². The second-order valence-corrected chi connectivity index (χ2v) is 9.75. The average Bonchev–Trinajstić information content (AvgIpc) is 3.46. The van der Waals surface area contributed by atoms with Crippen LogP contribution in [0.5, 0.6) is 0 Å². The quantitative estimate of drug-likeness (QED) is 0.368. The summed E-state index contributed by atoms with van der Waals surface area (Å²) in [6, 6.07) is 20.6. The number of nitrogens with one attached hydrogen (secondary N) is 2. The Bertz CT molecular complexity index is 1570. The fourth-order valence-electron chi connectivity index (χ4n) is 4.60. The van der Waals surface area contributed by atoms with Crippen molar-refractivity contribution >= 4 is 33.3 Å². The van der Waals surface area contributed by atoms with Crippen LogP contribution in [-0.4, -0.2) is 25.7 Å². The number of aromatic amines is 1. The second kappa shape index (κ2) is 8.96. The van der Waals surface area contributed by atoms with Gasteiger partial charge >= 0.3 is 0 Å². The van der Waals surface area contributed by atoms with Crippen LogP contribution >= 0.6 is 11.3 Å². The van der Waals surface area contributed by atoms with E-state index in [0.29, 0.717) is 5.69 Å². The van der Waals surface area contributed by atoms with Crippen LogP contribution in [0.25, 0.3) is 33.7 Å². The third-order valence-electron chi connectivity index (χ3n) is 6.28. The molecule has 1 aliphatic rings. The lowest BCUT2D eigenvalue weighted by Crippen LogP contribution is -2.29. The Balaban J connectivity index is 1.32. The molecule has 3 heterocycles. The summed E-state index contributed by atoms with van der Waals surface area (Å²) in [5.41, 5.74) is 5.30. The fraction of sp³-hybridized carbons (Fsp3) is 0.185. The summed E-state index contributed by atoms with van der Waals surface area (Å²) in [6.45, 7) is -0.165. The van der Waals surface area contributed by atoms with Gasteiger partial charge in [-0.15, -0.1) is 11.3 Å². The van der Waals surface area contributed by atoms with Crippen LogP contribution in [0.4, 0.5) is 5.00 Å². The van der Waals surface area contributed by atoms with Gasteiger partial charge in [0.25, 0.3) is 5.56 Å². The van der Waals surface area contributed by atoms with Crippen LogP contribution in [-0.2, 0) is 24.2 Å². The van der Waals surface area contributed by atoms with Crippen molar-refractivity contribution in [1.29, 1.82) is 0 Å². The highest BCUT2D eigenvalue weighted by Crippen LogP contribution is 2.43. The lowest BCUT2D eigenvalue weighted by atomic mass is 9.95. The van der Waals surface area contributed by atoms with Crippen LogP contribution in [0, 0.1) is 0 Å². The Morgan fingerprint density at radius 3 is 2.66 bits per heavy atom. The van der Waals surface area contributed by atoms with E-state index in [0.717, 1.165) is 58.7 Å². The summed E-state index contributed by atoms with van der Waals surface area (Å²) in [7, 11) is 0. The van der Waals surface area contributed by atoms with Crippen LogP contribution in [0.2, 0.25) is 0 Å². The van der Waals surface area contributed by atoms with Gasteiger partial charge in [-0.05, 0) is 49.4 Å². The number of para-hydroxylation sites is 2. The third kappa shape index (κ3) is 4.17. The van der Waals surface area contributed by atoms with Gasteiger partial charge in [0, 0.05) is 16.5 Å². The van der Waals surface area contributed by atoms with Gasteiger partial charge in [-0.25, -0.2) is 9.67 Å². The molecule has 0 saturated carbocycles.